The molecule has 4 nitrogen and oxygen atoms in total. The molecule has 22 heavy (non-hydrogen) atoms. The van der Waals surface area contributed by atoms with Crippen LogP contribution in [0.15, 0.2) is 24.4 Å². The smallest absolute Gasteiger partial charge is 0.180 e. The minimum atomic E-state index is -1.38. The summed E-state index contributed by atoms with van der Waals surface area (Å²) in [5.74, 6) is -0.470. The molecule has 0 saturated carbocycles. The standard InChI is InChI=1S/C14H17ClFN3OS2/c1-14(2,3)22(20)19-12(11-7-18-13(17)21-11)9-5-4-8(15)6-10(9)16/h4-7,12,19H,1-3H3,(H2,17,18)/t12-,22?/m0/s1. The molecule has 0 aliphatic heterocycles. The van der Waals surface area contributed by atoms with Crippen LogP contribution in [0.25, 0.3) is 0 Å². The van der Waals surface area contributed by atoms with Crippen LogP contribution in [-0.2, 0) is 11.4 Å². The molecule has 120 valence electrons. The number of hydrogen-bond donors (Lipinski definition) is 2. The van der Waals surface area contributed by atoms with E-state index >= 15 is 0 Å². The van der Waals surface area contributed by atoms with E-state index in [4.69, 9.17) is 17.3 Å². The zero-order valence-corrected chi connectivity index (χ0v) is 14.8. The molecule has 0 spiro atoms. The molecular weight excluding hydrogens is 345 g/mol. The Balaban J connectivity index is 2.41. The first kappa shape index (κ1) is 17.5. The summed E-state index contributed by atoms with van der Waals surface area (Å²) in [7, 11) is 0. The summed E-state index contributed by atoms with van der Waals surface area (Å²) in [6.45, 7) is 5.52. The van der Waals surface area contributed by atoms with Gasteiger partial charge in [0.25, 0.3) is 0 Å². The van der Waals surface area contributed by atoms with E-state index in [2.05, 4.69) is 9.71 Å². The number of nitrogen functional groups attached to an aromatic ring is 1. The first-order valence-electron chi connectivity index (χ1n) is 6.52. The van der Waals surface area contributed by atoms with Gasteiger partial charge in [-0.1, -0.05) is 17.7 Å². The van der Waals surface area contributed by atoms with Crippen molar-refractivity contribution in [2.24, 2.45) is 0 Å². The molecule has 1 aromatic carbocycles. The van der Waals surface area contributed by atoms with Crippen molar-refractivity contribution >= 4 is 39.4 Å². The number of anilines is 1. The van der Waals surface area contributed by atoms with Crippen LogP contribution in [-0.4, -0.2) is 14.3 Å². The highest BCUT2D eigenvalue weighted by Gasteiger charge is 2.32. The molecule has 3 N–H and O–H groups in total. The molecule has 0 amide bonds. The molecular formula is C14H17ClFN3OS2. The van der Waals surface area contributed by atoms with Gasteiger partial charge < -0.3 is 10.3 Å². The van der Waals surface area contributed by atoms with Gasteiger partial charge in [-0.25, -0.2) is 9.37 Å². The van der Waals surface area contributed by atoms with Gasteiger partial charge in [0.15, 0.2) is 5.13 Å². The number of benzene rings is 1. The number of nitrogens with zero attached hydrogens (tertiary/aromatic N) is 1. The van der Waals surface area contributed by atoms with Crippen molar-refractivity contribution in [2.45, 2.75) is 31.6 Å². The predicted molar refractivity (Wildman–Crippen MR) is 90.8 cm³/mol. The van der Waals surface area contributed by atoms with Gasteiger partial charge in [-0.2, -0.15) is 0 Å². The number of nitrogens with one attached hydrogen (secondary N) is 1. The molecule has 1 unspecified atom stereocenters. The van der Waals surface area contributed by atoms with Gasteiger partial charge in [-0.3, -0.25) is 0 Å². The Bertz CT molecular complexity index is 660. The summed E-state index contributed by atoms with van der Waals surface area (Å²) in [5.41, 5.74) is 6.01. The fourth-order valence-electron chi connectivity index (χ4n) is 1.73. The molecule has 2 aromatic rings. The molecule has 1 heterocycles. The average Bonchev–Trinajstić information content (AvgIpc) is 2.82. The lowest BCUT2D eigenvalue weighted by molar-refractivity contribution is 0.530. The van der Waals surface area contributed by atoms with Crippen molar-refractivity contribution in [3.8, 4) is 0 Å². The number of nitrogens with two attached hydrogens (primary N) is 1. The third-order valence-corrected chi connectivity index (χ3v) is 5.57. The highest BCUT2D eigenvalue weighted by atomic mass is 35.5. The summed E-state index contributed by atoms with van der Waals surface area (Å²) >= 11 is 5.64. The monoisotopic (exact) mass is 361 g/mol. The Labute approximate surface area is 141 Å². The topological polar surface area (TPSA) is 74.0 Å². The highest BCUT2D eigenvalue weighted by molar-refractivity contribution is 7.90. The molecule has 0 aliphatic carbocycles. The quantitative estimate of drug-likeness (QED) is 0.815. The first-order chi connectivity index (χ1) is 10.2. The van der Waals surface area contributed by atoms with E-state index in [1.807, 2.05) is 20.8 Å². The SMILES string of the molecule is CC(C)(C)[S+]([O-])N[C@H](c1cnc(N)s1)c1ccc(Cl)cc1F. The lowest BCUT2D eigenvalue weighted by atomic mass is 10.1. The Hall–Kier alpha value is -0.860. The van der Waals surface area contributed by atoms with Crippen LogP contribution in [0.2, 0.25) is 5.02 Å². The van der Waals surface area contributed by atoms with Crippen molar-refractivity contribution < 1.29 is 8.94 Å². The van der Waals surface area contributed by atoms with Gasteiger partial charge in [0.2, 0.25) is 0 Å². The molecule has 0 fully saturated rings. The van der Waals surface area contributed by atoms with Crippen LogP contribution in [0.1, 0.15) is 37.3 Å². The Morgan fingerprint density at radius 1 is 1.45 bits per heavy atom. The lowest BCUT2D eigenvalue weighted by Crippen LogP contribution is -2.41. The van der Waals surface area contributed by atoms with Crippen LogP contribution in [0.3, 0.4) is 0 Å². The molecule has 1 aromatic heterocycles. The van der Waals surface area contributed by atoms with E-state index in [1.165, 1.54) is 17.4 Å². The lowest BCUT2D eigenvalue weighted by Gasteiger charge is -2.27. The summed E-state index contributed by atoms with van der Waals surface area (Å²) in [4.78, 5) is 4.68. The third-order valence-electron chi connectivity index (χ3n) is 2.88. The van der Waals surface area contributed by atoms with E-state index in [0.717, 1.165) is 0 Å². The highest BCUT2D eigenvalue weighted by Crippen LogP contribution is 2.32. The Morgan fingerprint density at radius 3 is 2.64 bits per heavy atom. The average molecular weight is 362 g/mol. The zero-order valence-electron chi connectivity index (χ0n) is 12.4. The predicted octanol–water partition coefficient (Wildman–Crippen LogP) is 3.66. The van der Waals surface area contributed by atoms with Crippen LogP contribution in [0.5, 0.6) is 0 Å². The second-order valence-corrected chi connectivity index (χ2v) is 9.23. The van der Waals surface area contributed by atoms with Crippen LogP contribution >= 0.6 is 22.9 Å². The fourth-order valence-corrected chi connectivity index (χ4v) is 3.54. The molecule has 0 aliphatic rings. The number of thiazole rings is 1. The fraction of sp³-hybridized carbons (Fsp3) is 0.357. The molecule has 8 heteroatoms. The van der Waals surface area contributed by atoms with Crippen molar-refractivity contribution in [3.05, 3.63) is 45.7 Å². The van der Waals surface area contributed by atoms with Crippen molar-refractivity contribution in [3.63, 3.8) is 0 Å². The minimum Gasteiger partial charge on any atom is -0.598 e. The third kappa shape index (κ3) is 4.11. The summed E-state index contributed by atoms with van der Waals surface area (Å²) in [5, 5.41) is 0.679. The van der Waals surface area contributed by atoms with Crippen molar-refractivity contribution in [2.75, 3.05) is 5.73 Å². The van der Waals surface area contributed by atoms with E-state index in [1.54, 1.807) is 18.3 Å². The van der Waals surface area contributed by atoms with E-state index in [9.17, 15) is 8.94 Å². The van der Waals surface area contributed by atoms with Gasteiger partial charge >= 0.3 is 0 Å². The number of halogens is 2. The summed E-state index contributed by atoms with van der Waals surface area (Å²) in [6, 6.07) is 3.80. The van der Waals surface area contributed by atoms with Gasteiger partial charge in [0, 0.05) is 28.1 Å². The van der Waals surface area contributed by atoms with E-state index < -0.39 is 28.0 Å². The Morgan fingerprint density at radius 2 is 2.14 bits per heavy atom. The number of hydrogen-bond acceptors (Lipinski definition) is 5. The van der Waals surface area contributed by atoms with Gasteiger partial charge in [-0.05, 0) is 32.9 Å². The maximum Gasteiger partial charge on any atom is 0.180 e. The van der Waals surface area contributed by atoms with Crippen LogP contribution in [0.4, 0.5) is 9.52 Å². The van der Waals surface area contributed by atoms with Crippen molar-refractivity contribution in [1.82, 2.24) is 9.71 Å². The maximum atomic E-state index is 14.3. The van der Waals surface area contributed by atoms with Gasteiger partial charge in [0.1, 0.15) is 16.6 Å². The largest absolute Gasteiger partial charge is 0.598 e. The Kier molecular flexibility index (Phi) is 5.34. The first-order valence-corrected chi connectivity index (χ1v) is 8.87. The van der Waals surface area contributed by atoms with E-state index in [-0.39, 0.29) is 0 Å². The molecule has 0 bridgehead atoms. The zero-order chi connectivity index (χ0) is 16.5. The molecule has 2 atom stereocenters. The maximum absolute atomic E-state index is 14.3. The van der Waals surface area contributed by atoms with Crippen LogP contribution < -0.4 is 10.5 Å². The minimum absolute atomic E-state index is 0.306. The second kappa shape index (κ2) is 6.72. The summed E-state index contributed by atoms with van der Waals surface area (Å²) in [6.07, 6.45) is 1.56. The number of rotatable bonds is 4. The molecule has 0 saturated heterocycles. The van der Waals surface area contributed by atoms with E-state index in [0.29, 0.717) is 20.6 Å². The second-order valence-electron chi connectivity index (χ2n) is 5.70. The normalized spacial score (nSPS) is 14.8. The van der Waals surface area contributed by atoms with Gasteiger partial charge in [-0.15, -0.1) is 16.1 Å². The van der Waals surface area contributed by atoms with Crippen molar-refractivity contribution in [1.29, 1.82) is 0 Å². The van der Waals surface area contributed by atoms with Crippen LogP contribution in [0, 0.1) is 5.82 Å². The molecule has 2 rings (SSSR count). The molecule has 0 radical (unpaired) electrons. The van der Waals surface area contributed by atoms with Gasteiger partial charge in [0.05, 0.1) is 4.88 Å². The number of aromatic nitrogens is 1. The summed E-state index contributed by atoms with van der Waals surface area (Å²) < 4.78 is 29.2.